The summed E-state index contributed by atoms with van der Waals surface area (Å²) in [5.41, 5.74) is 3.14. The Kier molecular flexibility index (Phi) is 31.1. The summed E-state index contributed by atoms with van der Waals surface area (Å²) in [4.78, 5) is 180. The first-order valence-corrected chi connectivity index (χ1v) is 31.4. The molecule has 3 fully saturated rings. The van der Waals surface area contributed by atoms with Crippen LogP contribution in [0.4, 0.5) is 0 Å². The molecule has 3 aliphatic rings. The summed E-state index contributed by atoms with van der Waals surface area (Å²) in [7, 11) is 0. The van der Waals surface area contributed by atoms with Gasteiger partial charge in [0, 0.05) is 99.2 Å². The Morgan fingerprint density at radius 1 is 0.354 bits per heavy atom. The highest BCUT2D eigenvalue weighted by Gasteiger charge is 2.43. The highest BCUT2D eigenvalue weighted by molar-refractivity contribution is 8.93. The quantitative estimate of drug-likeness (QED) is 0.0663. The number of imidazole rings is 4. The monoisotopic (exact) mass is 1580 g/mol. The number of halogens is 4. The van der Waals surface area contributed by atoms with Crippen molar-refractivity contribution in [1.82, 2.24) is 92.2 Å². The number of carbonyl (C=O) groups is 10. The molecule has 3 saturated heterocycles. The summed E-state index contributed by atoms with van der Waals surface area (Å²) in [6.45, 7) is 7.59. The fraction of sp³-hybridized carbons (Fsp3) is 0.469. The molecule has 9 rings (SSSR count). The van der Waals surface area contributed by atoms with Crippen molar-refractivity contribution in [1.29, 1.82) is 0 Å². The maximum absolute atomic E-state index is 15.2. The lowest BCUT2D eigenvalue weighted by Crippen LogP contribution is -2.62. The van der Waals surface area contributed by atoms with Gasteiger partial charge in [0.15, 0.2) is 0 Å². The first kappa shape index (κ1) is 78.6. The van der Waals surface area contributed by atoms with Gasteiger partial charge in [-0.1, -0.05) is 88.4 Å². The molecular formula is C64H86Br4N18O10. The van der Waals surface area contributed by atoms with Crippen LogP contribution in [0.1, 0.15) is 100 Å². The second-order valence-corrected chi connectivity index (χ2v) is 24.6. The molecule has 10 amide bonds. The molecule has 12 N–H and O–H groups in total. The van der Waals surface area contributed by atoms with Gasteiger partial charge < -0.3 is 72.3 Å². The van der Waals surface area contributed by atoms with Gasteiger partial charge in [-0.25, -0.2) is 19.9 Å². The van der Waals surface area contributed by atoms with Gasteiger partial charge >= 0.3 is 0 Å². The molecule has 0 spiro atoms. The number of aromatic nitrogens is 8. The van der Waals surface area contributed by atoms with Crippen molar-refractivity contribution in [2.45, 2.75) is 165 Å². The van der Waals surface area contributed by atoms with Crippen LogP contribution in [-0.2, 0) is 86.5 Å². The number of H-pyrrole nitrogens is 4. The summed E-state index contributed by atoms with van der Waals surface area (Å²) >= 11 is 0. The van der Waals surface area contributed by atoms with Crippen LogP contribution in [0.15, 0.2) is 111 Å². The van der Waals surface area contributed by atoms with Gasteiger partial charge in [0.2, 0.25) is 59.1 Å². The Morgan fingerprint density at radius 3 is 0.885 bits per heavy atom. The Bertz CT molecular complexity index is 3240. The third-order valence-electron chi connectivity index (χ3n) is 16.6. The minimum atomic E-state index is -1.38. The number of benzene rings is 2. The fourth-order valence-corrected chi connectivity index (χ4v) is 12.0. The van der Waals surface area contributed by atoms with Gasteiger partial charge in [0.1, 0.15) is 60.4 Å². The molecule has 32 heteroatoms. The van der Waals surface area contributed by atoms with Crippen molar-refractivity contribution < 1.29 is 47.9 Å². The van der Waals surface area contributed by atoms with Crippen molar-refractivity contribution in [3.8, 4) is 0 Å². The van der Waals surface area contributed by atoms with E-state index in [4.69, 9.17) is 0 Å². The largest absolute Gasteiger partial charge is 0.348 e. The van der Waals surface area contributed by atoms with Crippen LogP contribution in [-0.4, -0.2) is 182 Å². The molecule has 3 aliphatic heterocycles. The summed E-state index contributed by atoms with van der Waals surface area (Å²) in [6, 6.07) is 4.90. The number of carbonyl (C=O) groups excluding carboxylic acids is 10. The molecule has 28 nitrogen and oxygen atoms in total. The lowest BCUT2D eigenvalue weighted by molar-refractivity contribution is -0.143. The molecule has 2 aromatic carbocycles. The van der Waals surface area contributed by atoms with E-state index >= 15 is 9.59 Å². The Hall–Kier alpha value is -8.10. The summed E-state index contributed by atoms with van der Waals surface area (Å²) in [5, 5.41) is 22.9. The second-order valence-electron chi connectivity index (χ2n) is 24.6. The summed E-state index contributed by atoms with van der Waals surface area (Å²) < 4.78 is 0. The number of hydrogen-bond acceptors (Lipinski definition) is 14. The van der Waals surface area contributed by atoms with E-state index in [1.54, 1.807) is 60.7 Å². The predicted octanol–water partition coefficient (Wildman–Crippen LogP) is 2.61. The van der Waals surface area contributed by atoms with Gasteiger partial charge in [0.05, 0.1) is 25.3 Å². The number of rotatable bonds is 16. The summed E-state index contributed by atoms with van der Waals surface area (Å²) in [5.74, 6) is -7.59. The minimum absolute atomic E-state index is 0. The predicted molar refractivity (Wildman–Crippen MR) is 375 cm³/mol. The molecule has 7 heterocycles. The minimum Gasteiger partial charge on any atom is -0.348 e. The molecule has 10 atom stereocenters. The van der Waals surface area contributed by atoms with E-state index in [-0.39, 0.29) is 157 Å². The zero-order chi connectivity index (χ0) is 65.3. The van der Waals surface area contributed by atoms with E-state index in [1.165, 1.54) is 59.9 Å². The normalized spacial score (nSPS) is 23.8. The third kappa shape index (κ3) is 22.0. The Labute approximate surface area is 598 Å². The van der Waals surface area contributed by atoms with E-state index < -0.39 is 119 Å². The van der Waals surface area contributed by atoms with E-state index in [0.717, 1.165) is 0 Å². The van der Waals surface area contributed by atoms with Crippen LogP contribution < -0.4 is 42.5 Å². The lowest BCUT2D eigenvalue weighted by atomic mass is 10.00. The van der Waals surface area contributed by atoms with Crippen LogP contribution in [0.5, 0.6) is 0 Å². The van der Waals surface area contributed by atoms with E-state index in [1.807, 2.05) is 27.7 Å². The molecular weight excluding hydrogens is 1500 g/mol. The van der Waals surface area contributed by atoms with Gasteiger partial charge in [-0.05, 0) is 61.5 Å². The zero-order valence-corrected chi connectivity index (χ0v) is 60.5. The molecule has 4 aromatic heterocycles. The Balaban J connectivity index is 0.00000417. The SMILES string of the molecule is Br.Br.Br.Br.CC(C)C[C@@H]1NC(=O)[C@H](Cc2cnc[nH]2)NC(=O)[C@@H]2CCCN2C(=O)[C@@H](Cc2ccccc2)NC(=O)[C@H](Cc2cnc[nH]2)NC(=O)[C@H](CC(C)C)NC(=O)[C@H](Cc2cnc[nH]2)NC(=O)[C@@H]2CCCN2C(=O)[C@@H](Cc2ccccc2)NC(=O)[C@H](Cc2cnc[nH]2)NC1=O. The highest BCUT2D eigenvalue weighted by Crippen LogP contribution is 2.24. The van der Waals surface area contributed by atoms with Crippen LogP contribution in [0.2, 0.25) is 0 Å². The van der Waals surface area contributed by atoms with Gasteiger partial charge in [-0.2, -0.15) is 0 Å². The number of amides is 10. The maximum Gasteiger partial charge on any atom is 0.246 e. The first-order chi connectivity index (χ1) is 44.3. The first-order valence-electron chi connectivity index (χ1n) is 31.4. The third-order valence-corrected chi connectivity index (χ3v) is 16.6. The smallest absolute Gasteiger partial charge is 0.246 e. The molecule has 520 valence electrons. The van der Waals surface area contributed by atoms with Crippen LogP contribution in [0.3, 0.4) is 0 Å². The lowest BCUT2D eigenvalue weighted by Gasteiger charge is -2.32. The standard InChI is InChI=1S/C64H82N18O10.4BrH/c1-37(2)21-45-55(83)75-47(25-41-29-65-33-69-41)59(87)79-51(23-39-13-7-5-8-14-39)63(91)82-20-12-18-54(82)62(90)78-50(28-44-32-68-36-72-44)58(86)74-46(22-38(3)4)56(84)76-48(26-42-30-66-34-70-42)60(88)80-52(24-40-15-9-6-10-16-40)64(92)81-19-11-17-53(81)61(89)77-49(57(85)73-45)27-43-31-67-35-71-43;;;;/h5-10,13-16,29-38,45-54H,11-12,17-28H2,1-4H3,(H,65,69)(H,66,70)(H,67,71)(H,68,72)(H,73,85)(H,74,86)(H,75,83)(H,76,84)(H,77,89)(H,78,90)(H,79,87)(H,80,88);4*1H/t45-,46-,47-,48-,49-,50-,51+,52+,53-,54-;;;;/m0..../s1. The van der Waals surface area contributed by atoms with E-state index in [9.17, 15) is 38.4 Å². The average Bonchev–Trinajstić information content (AvgIpc) is 1.56. The van der Waals surface area contributed by atoms with Crippen molar-refractivity contribution in [3.63, 3.8) is 0 Å². The molecule has 0 bridgehead atoms. The van der Waals surface area contributed by atoms with Crippen LogP contribution in [0, 0.1) is 11.8 Å². The topological polar surface area (TPSA) is 388 Å². The van der Waals surface area contributed by atoms with Gasteiger partial charge in [-0.15, -0.1) is 67.9 Å². The second kappa shape index (κ2) is 38.0. The number of fused-ring (bicyclic) bond motifs is 2. The number of aromatic amines is 4. The van der Waals surface area contributed by atoms with Crippen LogP contribution in [0.25, 0.3) is 0 Å². The molecule has 6 aromatic rings. The maximum atomic E-state index is 15.2. The van der Waals surface area contributed by atoms with Crippen molar-refractivity contribution >= 4 is 127 Å². The van der Waals surface area contributed by atoms with E-state index in [0.29, 0.717) is 46.7 Å². The molecule has 0 aliphatic carbocycles. The van der Waals surface area contributed by atoms with Gasteiger partial charge in [0.25, 0.3) is 0 Å². The summed E-state index contributed by atoms with van der Waals surface area (Å²) in [6.07, 6.45) is 12.2. The Morgan fingerprint density at radius 2 is 0.615 bits per heavy atom. The molecule has 96 heavy (non-hydrogen) atoms. The van der Waals surface area contributed by atoms with Crippen molar-refractivity contribution in [2.75, 3.05) is 13.1 Å². The zero-order valence-electron chi connectivity index (χ0n) is 53.6. The molecule has 0 unspecified atom stereocenters. The highest BCUT2D eigenvalue weighted by atomic mass is 79.9. The van der Waals surface area contributed by atoms with E-state index in [2.05, 4.69) is 82.4 Å². The van der Waals surface area contributed by atoms with Crippen LogP contribution >= 0.6 is 67.9 Å². The number of hydrogen-bond donors (Lipinski definition) is 12. The van der Waals surface area contributed by atoms with Crippen molar-refractivity contribution in [3.05, 3.63) is 145 Å². The number of nitrogens with zero attached hydrogens (tertiary/aromatic N) is 6. The molecule has 0 saturated carbocycles. The fourth-order valence-electron chi connectivity index (χ4n) is 12.0. The number of nitrogens with one attached hydrogen (secondary N) is 12. The van der Waals surface area contributed by atoms with Gasteiger partial charge in [-0.3, -0.25) is 47.9 Å². The van der Waals surface area contributed by atoms with Crippen molar-refractivity contribution in [2.24, 2.45) is 11.8 Å². The average molecular weight is 1590 g/mol. The molecule has 0 radical (unpaired) electrons.